The maximum Gasteiger partial charge on any atom is 0.0714 e. The Balaban J connectivity index is 1.09. The second-order valence-corrected chi connectivity index (χ2v) is 18.5. The topological polar surface area (TPSA) is 3.24 Å². The number of thiophene rings is 1. The van der Waals surface area contributed by atoms with Crippen molar-refractivity contribution in [2.75, 3.05) is 4.90 Å². The quantitative estimate of drug-likeness (QED) is 0.147. The predicted molar refractivity (Wildman–Crippen MR) is 277 cm³/mol. The summed E-state index contributed by atoms with van der Waals surface area (Å²) in [6.45, 7) is 0. The Morgan fingerprint density at radius 3 is 1.21 bits per heavy atom. The van der Waals surface area contributed by atoms with Crippen molar-refractivity contribution >= 4 is 38.5 Å². The SMILES string of the molecule is c1ccc(C2(c3ccccc3)c3ccccc3-c3ccc(N(c4cccc(-c5ccc6sccc6c5)c4)c4ccc5c(c4)C(c4ccccc4)(c4ccccc4)c4ccccc4-5)cc32)cc1. The van der Waals surface area contributed by atoms with Gasteiger partial charge >= 0.3 is 0 Å². The van der Waals surface area contributed by atoms with Crippen molar-refractivity contribution < 1.29 is 0 Å². The minimum absolute atomic E-state index is 0.538. The molecule has 0 amide bonds. The minimum Gasteiger partial charge on any atom is -0.310 e. The molecule has 2 aliphatic rings. The number of nitrogens with zero attached hydrogens (tertiary/aromatic N) is 1. The van der Waals surface area contributed by atoms with Gasteiger partial charge in [0.25, 0.3) is 0 Å². The van der Waals surface area contributed by atoms with E-state index in [1.165, 1.54) is 88.0 Å². The van der Waals surface area contributed by atoms with Crippen LogP contribution in [-0.2, 0) is 10.8 Å². The molecular formula is C64H43NS. The molecular weight excluding hydrogens is 815 g/mol. The molecule has 2 aliphatic carbocycles. The number of rotatable bonds is 8. The van der Waals surface area contributed by atoms with Crippen LogP contribution in [0.1, 0.15) is 44.5 Å². The summed E-state index contributed by atoms with van der Waals surface area (Å²) in [7, 11) is 0. The Hall–Kier alpha value is -8.04. The van der Waals surface area contributed by atoms with Gasteiger partial charge in [-0.25, -0.2) is 0 Å². The Bertz CT molecular complexity index is 3330. The summed E-state index contributed by atoms with van der Waals surface area (Å²) in [5, 5.41) is 3.45. The van der Waals surface area contributed by atoms with Crippen molar-refractivity contribution in [3.63, 3.8) is 0 Å². The van der Waals surface area contributed by atoms with Gasteiger partial charge in [0.15, 0.2) is 0 Å². The molecule has 66 heavy (non-hydrogen) atoms. The van der Waals surface area contributed by atoms with Crippen LogP contribution >= 0.6 is 11.3 Å². The van der Waals surface area contributed by atoms with Crippen molar-refractivity contribution in [1.29, 1.82) is 0 Å². The van der Waals surface area contributed by atoms with Gasteiger partial charge < -0.3 is 4.90 Å². The van der Waals surface area contributed by atoms with E-state index in [-0.39, 0.29) is 0 Å². The fraction of sp³-hybridized carbons (Fsp3) is 0.0312. The van der Waals surface area contributed by atoms with Crippen LogP contribution in [0.15, 0.2) is 260 Å². The fourth-order valence-corrected chi connectivity index (χ4v) is 12.3. The van der Waals surface area contributed by atoms with Crippen molar-refractivity contribution in [2.24, 2.45) is 0 Å². The molecule has 0 radical (unpaired) electrons. The van der Waals surface area contributed by atoms with Gasteiger partial charge in [0.1, 0.15) is 0 Å². The summed E-state index contributed by atoms with van der Waals surface area (Å²) >= 11 is 1.79. The molecule has 11 aromatic rings. The number of hydrogen-bond donors (Lipinski definition) is 0. The molecule has 0 atom stereocenters. The summed E-state index contributed by atoms with van der Waals surface area (Å²) in [6.07, 6.45) is 0. The minimum atomic E-state index is -0.538. The zero-order valence-electron chi connectivity index (χ0n) is 36.2. The lowest BCUT2D eigenvalue weighted by atomic mass is 9.67. The van der Waals surface area contributed by atoms with E-state index in [1.54, 1.807) is 11.3 Å². The molecule has 310 valence electrons. The third-order valence-corrected chi connectivity index (χ3v) is 15.2. The van der Waals surface area contributed by atoms with Gasteiger partial charge in [-0.15, -0.1) is 11.3 Å². The molecule has 0 aliphatic heterocycles. The Morgan fingerprint density at radius 2 is 0.712 bits per heavy atom. The van der Waals surface area contributed by atoms with Gasteiger partial charge in [0, 0.05) is 21.8 Å². The van der Waals surface area contributed by atoms with Crippen molar-refractivity contribution in [1.82, 2.24) is 0 Å². The highest BCUT2D eigenvalue weighted by Crippen LogP contribution is 2.59. The number of fused-ring (bicyclic) bond motifs is 7. The lowest BCUT2D eigenvalue weighted by molar-refractivity contribution is 0.767. The molecule has 10 aromatic carbocycles. The highest BCUT2D eigenvalue weighted by molar-refractivity contribution is 7.17. The molecule has 0 saturated heterocycles. The van der Waals surface area contributed by atoms with E-state index in [4.69, 9.17) is 0 Å². The first kappa shape index (κ1) is 38.4. The molecule has 1 aromatic heterocycles. The third kappa shape index (κ3) is 5.65. The van der Waals surface area contributed by atoms with E-state index in [9.17, 15) is 0 Å². The molecule has 0 fully saturated rings. The Labute approximate surface area is 390 Å². The van der Waals surface area contributed by atoms with Gasteiger partial charge in [-0.3, -0.25) is 0 Å². The van der Waals surface area contributed by atoms with Gasteiger partial charge in [0.05, 0.1) is 10.8 Å². The summed E-state index contributed by atoms with van der Waals surface area (Å²) in [5.74, 6) is 0. The average Bonchev–Trinajstić information content (AvgIpc) is 4.08. The summed E-state index contributed by atoms with van der Waals surface area (Å²) in [5.41, 5.74) is 19.8. The zero-order chi connectivity index (χ0) is 43.7. The van der Waals surface area contributed by atoms with Gasteiger partial charge in [-0.05, 0) is 143 Å². The van der Waals surface area contributed by atoms with E-state index in [2.05, 4.69) is 265 Å². The van der Waals surface area contributed by atoms with Crippen LogP contribution in [0.5, 0.6) is 0 Å². The maximum absolute atomic E-state index is 2.50. The van der Waals surface area contributed by atoms with Gasteiger partial charge in [-0.2, -0.15) is 0 Å². The number of hydrogen-bond acceptors (Lipinski definition) is 2. The maximum atomic E-state index is 2.50. The van der Waals surface area contributed by atoms with Crippen molar-refractivity contribution in [3.05, 3.63) is 305 Å². The third-order valence-electron chi connectivity index (χ3n) is 14.3. The zero-order valence-corrected chi connectivity index (χ0v) is 37.0. The Morgan fingerprint density at radius 1 is 0.288 bits per heavy atom. The van der Waals surface area contributed by atoms with Gasteiger partial charge in [0.2, 0.25) is 0 Å². The van der Waals surface area contributed by atoms with Crippen molar-refractivity contribution in [3.8, 4) is 33.4 Å². The van der Waals surface area contributed by atoms with E-state index in [0.29, 0.717) is 0 Å². The van der Waals surface area contributed by atoms with Crippen LogP contribution in [0, 0.1) is 0 Å². The molecule has 0 N–H and O–H groups in total. The molecule has 13 rings (SSSR count). The molecule has 0 unspecified atom stereocenters. The molecule has 2 heteroatoms. The molecule has 1 nitrogen and oxygen atoms in total. The summed E-state index contributed by atoms with van der Waals surface area (Å²) in [6, 6.07) is 95.1. The summed E-state index contributed by atoms with van der Waals surface area (Å²) < 4.78 is 1.30. The first-order chi connectivity index (χ1) is 32.7. The van der Waals surface area contributed by atoms with Crippen LogP contribution in [0.3, 0.4) is 0 Å². The predicted octanol–water partition coefficient (Wildman–Crippen LogP) is 16.8. The normalized spacial score (nSPS) is 13.7. The fourth-order valence-electron chi connectivity index (χ4n) is 11.6. The highest BCUT2D eigenvalue weighted by Gasteiger charge is 2.48. The lowest BCUT2D eigenvalue weighted by Gasteiger charge is -2.36. The molecule has 0 spiro atoms. The first-order valence-corrected chi connectivity index (χ1v) is 23.7. The second kappa shape index (κ2) is 15.3. The van der Waals surface area contributed by atoms with Crippen LogP contribution in [0.2, 0.25) is 0 Å². The lowest BCUT2D eigenvalue weighted by Crippen LogP contribution is -2.29. The first-order valence-electron chi connectivity index (χ1n) is 22.8. The van der Waals surface area contributed by atoms with E-state index in [0.717, 1.165) is 17.1 Å². The number of benzene rings is 10. The monoisotopic (exact) mass is 857 g/mol. The van der Waals surface area contributed by atoms with E-state index in [1.807, 2.05) is 0 Å². The van der Waals surface area contributed by atoms with E-state index >= 15 is 0 Å². The molecule has 0 bridgehead atoms. The second-order valence-electron chi connectivity index (χ2n) is 17.6. The summed E-state index contributed by atoms with van der Waals surface area (Å²) in [4.78, 5) is 2.50. The van der Waals surface area contributed by atoms with Crippen LogP contribution in [0.4, 0.5) is 17.1 Å². The number of anilines is 3. The standard InChI is InChI=1S/C64H43NS/c1-5-19-47(20-6-1)63(48-21-7-2-8-22-48)58-30-15-13-28-54(58)56-35-33-52(42-60(56)63)65(51-27-17-18-44(41-51)45-32-37-62-46(40-45)38-39-66-62)53-34-36-57-55-29-14-16-31-59(55)64(61(57)43-53,49-23-9-3-10-24-49)50-25-11-4-12-26-50/h1-43H. The van der Waals surface area contributed by atoms with Crippen LogP contribution in [-0.4, -0.2) is 0 Å². The van der Waals surface area contributed by atoms with Crippen LogP contribution in [0.25, 0.3) is 43.5 Å². The average molecular weight is 858 g/mol. The van der Waals surface area contributed by atoms with Crippen molar-refractivity contribution in [2.45, 2.75) is 10.8 Å². The Kier molecular flexibility index (Phi) is 8.91. The van der Waals surface area contributed by atoms with E-state index < -0.39 is 10.8 Å². The largest absolute Gasteiger partial charge is 0.310 e. The smallest absolute Gasteiger partial charge is 0.0714 e. The molecule has 0 saturated carbocycles. The van der Waals surface area contributed by atoms with Gasteiger partial charge in [-0.1, -0.05) is 200 Å². The highest BCUT2D eigenvalue weighted by atomic mass is 32.1. The molecule has 1 heterocycles. The van der Waals surface area contributed by atoms with Crippen LogP contribution < -0.4 is 4.90 Å².